The molecule has 2 aliphatic rings. The van der Waals surface area contributed by atoms with Crippen molar-refractivity contribution in [3.63, 3.8) is 0 Å². The van der Waals surface area contributed by atoms with Gasteiger partial charge in [0.1, 0.15) is 23.4 Å². The molecule has 3 heteroatoms. The SMILES string of the molecule is C[S+]1CCN2c3ncccc3Cc3ccccc3C2C1. The molecule has 20 heavy (non-hydrogen) atoms. The van der Waals surface area contributed by atoms with Crippen LogP contribution in [0, 0.1) is 0 Å². The Morgan fingerprint density at radius 2 is 2.00 bits per heavy atom. The van der Waals surface area contributed by atoms with Gasteiger partial charge in [-0.15, -0.1) is 0 Å². The fraction of sp³-hybridized carbons (Fsp3) is 0.353. The lowest BCUT2D eigenvalue weighted by molar-refractivity contribution is 0.674. The highest BCUT2D eigenvalue weighted by molar-refractivity contribution is 7.96. The van der Waals surface area contributed by atoms with Gasteiger partial charge in [0.2, 0.25) is 0 Å². The highest BCUT2D eigenvalue weighted by atomic mass is 32.2. The van der Waals surface area contributed by atoms with Crippen LogP contribution in [0.2, 0.25) is 0 Å². The third-order valence-electron chi connectivity index (χ3n) is 4.43. The molecule has 0 N–H and O–H groups in total. The van der Waals surface area contributed by atoms with E-state index in [9.17, 15) is 0 Å². The predicted molar refractivity (Wildman–Crippen MR) is 86.6 cm³/mol. The summed E-state index contributed by atoms with van der Waals surface area (Å²) >= 11 is 0. The van der Waals surface area contributed by atoms with Crippen molar-refractivity contribution in [2.24, 2.45) is 0 Å². The Labute approximate surface area is 123 Å². The molecule has 0 aliphatic carbocycles. The first kappa shape index (κ1) is 12.3. The van der Waals surface area contributed by atoms with Crippen molar-refractivity contribution in [3.8, 4) is 0 Å². The van der Waals surface area contributed by atoms with Crippen LogP contribution in [0.3, 0.4) is 0 Å². The second kappa shape index (κ2) is 4.81. The van der Waals surface area contributed by atoms with Gasteiger partial charge in [-0.3, -0.25) is 0 Å². The lowest BCUT2D eigenvalue weighted by Crippen LogP contribution is -2.43. The largest absolute Gasteiger partial charge is 0.340 e. The fourth-order valence-electron chi connectivity index (χ4n) is 3.42. The van der Waals surface area contributed by atoms with Crippen LogP contribution in [0.1, 0.15) is 22.7 Å². The Morgan fingerprint density at radius 1 is 1.15 bits per heavy atom. The van der Waals surface area contributed by atoms with Gasteiger partial charge in [0, 0.05) is 12.6 Å². The number of aromatic nitrogens is 1. The second-order valence-corrected chi connectivity index (χ2v) is 8.03. The molecule has 1 aromatic carbocycles. The maximum absolute atomic E-state index is 4.70. The molecule has 2 unspecified atom stereocenters. The van der Waals surface area contributed by atoms with Crippen LogP contribution >= 0.6 is 0 Å². The van der Waals surface area contributed by atoms with Gasteiger partial charge in [-0.25, -0.2) is 4.98 Å². The third-order valence-corrected chi connectivity index (χ3v) is 6.20. The van der Waals surface area contributed by atoms with E-state index in [0.717, 1.165) is 13.0 Å². The van der Waals surface area contributed by atoms with Gasteiger partial charge in [0.15, 0.2) is 0 Å². The summed E-state index contributed by atoms with van der Waals surface area (Å²) in [6, 6.07) is 13.8. The molecule has 0 radical (unpaired) electrons. The van der Waals surface area contributed by atoms with Crippen molar-refractivity contribution >= 4 is 16.7 Å². The van der Waals surface area contributed by atoms with E-state index < -0.39 is 0 Å². The van der Waals surface area contributed by atoms with Crippen molar-refractivity contribution in [1.82, 2.24) is 4.98 Å². The summed E-state index contributed by atoms with van der Waals surface area (Å²) in [6.45, 7) is 1.14. The highest BCUT2D eigenvalue weighted by Crippen LogP contribution is 2.38. The van der Waals surface area contributed by atoms with Crippen LogP contribution in [-0.4, -0.2) is 29.3 Å². The van der Waals surface area contributed by atoms with E-state index in [4.69, 9.17) is 4.98 Å². The highest BCUT2D eigenvalue weighted by Gasteiger charge is 2.37. The molecule has 0 bridgehead atoms. The first-order valence-corrected chi connectivity index (χ1v) is 9.17. The number of anilines is 1. The summed E-state index contributed by atoms with van der Waals surface area (Å²) in [4.78, 5) is 7.25. The summed E-state index contributed by atoms with van der Waals surface area (Å²) in [6.07, 6.45) is 5.36. The smallest absolute Gasteiger partial charge is 0.132 e. The van der Waals surface area contributed by atoms with Crippen molar-refractivity contribution < 1.29 is 0 Å². The molecule has 2 nitrogen and oxygen atoms in total. The molecule has 0 saturated carbocycles. The third kappa shape index (κ3) is 1.92. The lowest BCUT2D eigenvalue weighted by atomic mass is 9.98. The maximum atomic E-state index is 4.70. The Kier molecular flexibility index (Phi) is 2.95. The van der Waals surface area contributed by atoms with E-state index in [1.165, 1.54) is 34.0 Å². The first-order chi connectivity index (χ1) is 9.83. The molecule has 0 spiro atoms. The number of hydrogen-bond donors (Lipinski definition) is 0. The van der Waals surface area contributed by atoms with E-state index in [2.05, 4.69) is 47.6 Å². The summed E-state index contributed by atoms with van der Waals surface area (Å²) in [7, 11) is 0.530. The lowest BCUT2D eigenvalue weighted by Gasteiger charge is -2.35. The molecular formula is C17H19N2S+. The van der Waals surface area contributed by atoms with E-state index in [1.807, 2.05) is 6.20 Å². The Balaban J connectivity index is 1.90. The summed E-state index contributed by atoms with van der Waals surface area (Å²) < 4.78 is 0. The molecule has 2 atom stereocenters. The monoisotopic (exact) mass is 283 g/mol. The van der Waals surface area contributed by atoms with Crippen LogP contribution in [0.4, 0.5) is 5.82 Å². The maximum Gasteiger partial charge on any atom is 0.132 e. The Morgan fingerprint density at radius 3 is 2.95 bits per heavy atom. The summed E-state index contributed by atoms with van der Waals surface area (Å²) in [5, 5.41) is 0. The van der Waals surface area contributed by atoms with Crippen molar-refractivity contribution in [3.05, 3.63) is 59.3 Å². The van der Waals surface area contributed by atoms with Gasteiger partial charge in [0.25, 0.3) is 0 Å². The second-order valence-electron chi connectivity index (χ2n) is 5.72. The zero-order chi connectivity index (χ0) is 13.5. The van der Waals surface area contributed by atoms with Gasteiger partial charge < -0.3 is 4.90 Å². The number of hydrogen-bond acceptors (Lipinski definition) is 2. The zero-order valence-corrected chi connectivity index (χ0v) is 12.6. The number of benzene rings is 1. The molecule has 1 saturated heterocycles. The van der Waals surface area contributed by atoms with Crippen LogP contribution in [0.5, 0.6) is 0 Å². The van der Waals surface area contributed by atoms with Crippen LogP contribution in [0.25, 0.3) is 0 Å². The van der Waals surface area contributed by atoms with E-state index in [0.29, 0.717) is 16.9 Å². The molecular weight excluding hydrogens is 264 g/mol. The minimum Gasteiger partial charge on any atom is -0.340 e. The number of rotatable bonds is 0. The number of fused-ring (bicyclic) bond motifs is 5. The molecule has 3 heterocycles. The van der Waals surface area contributed by atoms with Crippen LogP contribution in [-0.2, 0) is 17.3 Å². The quantitative estimate of drug-likeness (QED) is 0.691. The number of pyridine rings is 1. The summed E-state index contributed by atoms with van der Waals surface area (Å²) in [5.74, 6) is 3.78. The van der Waals surface area contributed by atoms with E-state index in [-0.39, 0.29) is 0 Å². The van der Waals surface area contributed by atoms with Gasteiger partial charge in [0.05, 0.1) is 12.8 Å². The van der Waals surface area contributed by atoms with Gasteiger partial charge in [-0.05, 0) is 33.7 Å². The van der Waals surface area contributed by atoms with E-state index >= 15 is 0 Å². The van der Waals surface area contributed by atoms with E-state index in [1.54, 1.807) is 0 Å². The molecule has 102 valence electrons. The standard InChI is InChI=1S/C17H19N2S/c1-20-10-9-19-16(12-20)15-7-3-2-5-13(15)11-14-6-4-8-18-17(14)19/h2-8,16H,9-12H2,1H3/q+1. The Hall–Kier alpha value is -1.48. The predicted octanol–water partition coefficient (Wildman–Crippen LogP) is 2.80. The fourth-order valence-corrected chi connectivity index (χ4v) is 4.99. The molecule has 2 aliphatic heterocycles. The minimum absolute atomic E-state index is 0.518. The van der Waals surface area contributed by atoms with Crippen LogP contribution in [0.15, 0.2) is 42.6 Å². The topological polar surface area (TPSA) is 16.1 Å². The van der Waals surface area contributed by atoms with Crippen molar-refractivity contribution in [2.75, 3.05) is 29.2 Å². The number of nitrogens with zero attached hydrogens (tertiary/aromatic N) is 2. The zero-order valence-electron chi connectivity index (χ0n) is 11.7. The molecule has 4 rings (SSSR count). The molecule has 0 amide bonds. The summed E-state index contributed by atoms with van der Waals surface area (Å²) in [5.41, 5.74) is 4.37. The van der Waals surface area contributed by atoms with Crippen molar-refractivity contribution in [1.29, 1.82) is 0 Å². The normalized spacial score (nSPS) is 24.4. The van der Waals surface area contributed by atoms with Gasteiger partial charge >= 0.3 is 0 Å². The Bertz CT molecular complexity index is 640. The van der Waals surface area contributed by atoms with Crippen molar-refractivity contribution in [2.45, 2.75) is 12.5 Å². The minimum atomic E-state index is 0.518. The molecule has 1 aromatic heterocycles. The average molecular weight is 283 g/mol. The van der Waals surface area contributed by atoms with Gasteiger partial charge in [-0.2, -0.15) is 0 Å². The van der Waals surface area contributed by atoms with Crippen LogP contribution < -0.4 is 4.90 Å². The first-order valence-electron chi connectivity index (χ1n) is 7.20. The molecule has 2 aromatic rings. The van der Waals surface area contributed by atoms with Gasteiger partial charge in [-0.1, -0.05) is 30.3 Å². The molecule has 1 fully saturated rings. The average Bonchev–Trinajstić information content (AvgIpc) is 2.61.